The van der Waals surface area contributed by atoms with E-state index in [1.807, 2.05) is 19.1 Å². The average Bonchev–Trinajstić information content (AvgIpc) is 2.81. The number of aryl methyl sites for hydroxylation is 3. The van der Waals surface area contributed by atoms with Crippen molar-refractivity contribution in [2.75, 3.05) is 6.61 Å². The highest BCUT2D eigenvalue weighted by Crippen LogP contribution is 2.39. The highest BCUT2D eigenvalue weighted by Gasteiger charge is 2.38. The van der Waals surface area contributed by atoms with Gasteiger partial charge < -0.3 is 4.74 Å². The van der Waals surface area contributed by atoms with Crippen LogP contribution in [0.1, 0.15) is 42.5 Å². The fraction of sp³-hybridized carbons (Fsp3) is 0.286. The molecule has 0 aromatic heterocycles. The Labute approximate surface area is 201 Å². The zero-order valence-electron chi connectivity index (χ0n) is 19.5. The third kappa shape index (κ3) is 6.27. The van der Waals surface area contributed by atoms with Gasteiger partial charge in [-0.1, -0.05) is 54.6 Å². The maximum Gasteiger partial charge on any atom is 0.419 e. The van der Waals surface area contributed by atoms with E-state index >= 15 is 4.39 Å². The second kappa shape index (κ2) is 11.5. The summed E-state index contributed by atoms with van der Waals surface area (Å²) in [6, 6.07) is 11.7. The maximum absolute atomic E-state index is 15.2. The molecule has 1 nitrogen and oxygen atoms in total. The van der Waals surface area contributed by atoms with Crippen molar-refractivity contribution < 1.29 is 31.1 Å². The fourth-order valence-corrected chi connectivity index (χ4v) is 3.92. The number of alkyl halides is 3. The molecule has 0 radical (unpaired) electrons. The zero-order valence-corrected chi connectivity index (χ0v) is 19.5. The standard InChI is InChI=1S/C28H26F6O/c1-3-5-6-7-18-8-10-19(11-9-18)22-16-14-20(24(26(22)30)28(32,33)34)12-13-21-15-17-23(35-4-2)27(31)25(21)29/h3,5,8-11,14-17H,4,6-7,12-13H2,1-2H3/b5-3+. The van der Waals surface area contributed by atoms with Crippen molar-refractivity contribution in [3.8, 4) is 16.9 Å². The minimum absolute atomic E-state index is 0.114. The molecule has 0 saturated carbocycles. The van der Waals surface area contributed by atoms with Gasteiger partial charge in [0, 0.05) is 5.56 Å². The molecule has 0 aliphatic heterocycles. The molecule has 0 amide bonds. The topological polar surface area (TPSA) is 9.23 Å². The lowest BCUT2D eigenvalue weighted by atomic mass is 9.93. The van der Waals surface area contributed by atoms with Crippen molar-refractivity contribution in [1.29, 1.82) is 0 Å². The predicted octanol–water partition coefficient (Wildman–Crippen LogP) is 8.48. The Balaban J connectivity index is 1.89. The lowest BCUT2D eigenvalue weighted by molar-refractivity contribution is -0.140. The molecule has 0 saturated heterocycles. The molecule has 35 heavy (non-hydrogen) atoms. The van der Waals surface area contributed by atoms with Gasteiger partial charge >= 0.3 is 6.18 Å². The van der Waals surface area contributed by atoms with Crippen LogP contribution in [0.2, 0.25) is 0 Å². The van der Waals surface area contributed by atoms with Crippen LogP contribution < -0.4 is 4.74 Å². The Hall–Kier alpha value is -3.22. The van der Waals surface area contributed by atoms with Crippen molar-refractivity contribution in [3.05, 3.63) is 100 Å². The van der Waals surface area contributed by atoms with E-state index in [-0.39, 0.29) is 41.9 Å². The predicted molar refractivity (Wildman–Crippen MR) is 125 cm³/mol. The second-order valence-corrected chi connectivity index (χ2v) is 8.05. The summed E-state index contributed by atoms with van der Waals surface area (Å²) in [6.45, 7) is 3.66. The number of rotatable bonds is 9. The number of allylic oxidation sites excluding steroid dienone is 2. The van der Waals surface area contributed by atoms with Crippen LogP contribution in [0.5, 0.6) is 5.75 Å². The number of halogens is 6. The molecule has 0 unspecified atom stereocenters. The largest absolute Gasteiger partial charge is 0.491 e. The van der Waals surface area contributed by atoms with Crippen LogP contribution in [0.25, 0.3) is 11.1 Å². The smallest absolute Gasteiger partial charge is 0.419 e. The van der Waals surface area contributed by atoms with Gasteiger partial charge in [0.25, 0.3) is 0 Å². The highest BCUT2D eigenvalue weighted by molar-refractivity contribution is 5.66. The highest BCUT2D eigenvalue weighted by atomic mass is 19.4. The SMILES string of the molecule is C/C=C/CCc1ccc(-c2ccc(CCc3ccc(OCC)c(F)c3F)c(C(F)(F)F)c2F)cc1. The van der Waals surface area contributed by atoms with Crippen LogP contribution >= 0.6 is 0 Å². The molecule has 0 aliphatic carbocycles. The maximum atomic E-state index is 15.2. The van der Waals surface area contributed by atoms with Crippen LogP contribution in [-0.2, 0) is 25.4 Å². The van der Waals surface area contributed by atoms with Crippen molar-refractivity contribution in [1.82, 2.24) is 0 Å². The summed E-state index contributed by atoms with van der Waals surface area (Å²) in [5, 5.41) is 0. The first kappa shape index (κ1) is 26.4. The van der Waals surface area contributed by atoms with E-state index in [0.29, 0.717) is 5.56 Å². The summed E-state index contributed by atoms with van der Waals surface area (Å²) < 4.78 is 90.2. The molecule has 0 heterocycles. The number of hydrogen-bond donors (Lipinski definition) is 0. The van der Waals surface area contributed by atoms with Crippen LogP contribution in [0.15, 0.2) is 60.7 Å². The van der Waals surface area contributed by atoms with Crippen LogP contribution in [0.4, 0.5) is 26.3 Å². The second-order valence-electron chi connectivity index (χ2n) is 8.05. The summed E-state index contributed by atoms with van der Waals surface area (Å²) in [5.74, 6) is -4.03. The molecular weight excluding hydrogens is 466 g/mol. The van der Waals surface area contributed by atoms with Crippen molar-refractivity contribution >= 4 is 0 Å². The third-order valence-corrected chi connectivity index (χ3v) is 5.70. The number of hydrogen-bond acceptors (Lipinski definition) is 1. The summed E-state index contributed by atoms with van der Waals surface area (Å²) in [5.41, 5.74) is -0.677. The van der Waals surface area contributed by atoms with Gasteiger partial charge in [-0.3, -0.25) is 0 Å². The Morgan fingerprint density at radius 3 is 2.06 bits per heavy atom. The van der Waals surface area contributed by atoms with E-state index in [1.165, 1.54) is 24.3 Å². The lowest BCUT2D eigenvalue weighted by Crippen LogP contribution is -2.14. The van der Waals surface area contributed by atoms with E-state index in [0.717, 1.165) is 18.4 Å². The van der Waals surface area contributed by atoms with Gasteiger partial charge in [0.05, 0.1) is 12.2 Å². The van der Waals surface area contributed by atoms with Gasteiger partial charge in [-0.2, -0.15) is 17.6 Å². The Morgan fingerprint density at radius 2 is 1.43 bits per heavy atom. The van der Waals surface area contributed by atoms with Gasteiger partial charge in [-0.05, 0) is 67.9 Å². The van der Waals surface area contributed by atoms with Gasteiger partial charge in [-0.15, -0.1) is 0 Å². The first-order valence-electron chi connectivity index (χ1n) is 11.4. The summed E-state index contributed by atoms with van der Waals surface area (Å²) in [7, 11) is 0. The molecule has 3 aromatic carbocycles. The Morgan fingerprint density at radius 1 is 0.771 bits per heavy atom. The minimum Gasteiger partial charge on any atom is -0.491 e. The van der Waals surface area contributed by atoms with Gasteiger partial charge in [-0.25, -0.2) is 8.78 Å². The Kier molecular flexibility index (Phi) is 8.65. The van der Waals surface area contributed by atoms with Gasteiger partial charge in [0.1, 0.15) is 5.82 Å². The molecule has 7 heteroatoms. The molecule has 3 aromatic rings. The minimum atomic E-state index is -4.95. The molecule has 0 aliphatic rings. The molecule has 0 atom stereocenters. The molecule has 0 bridgehead atoms. The van der Waals surface area contributed by atoms with E-state index in [2.05, 4.69) is 0 Å². The molecule has 0 fully saturated rings. The van der Waals surface area contributed by atoms with Crippen LogP contribution in [0, 0.1) is 17.5 Å². The normalized spacial score (nSPS) is 11.9. The first-order chi connectivity index (χ1) is 16.7. The van der Waals surface area contributed by atoms with Gasteiger partial charge in [0.15, 0.2) is 11.6 Å². The van der Waals surface area contributed by atoms with Crippen molar-refractivity contribution in [3.63, 3.8) is 0 Å². The summed E-state index contributed by atoms with van der Waals surface area (Å²) in [4.78, 5) is 0. The van der Waals surface area contributed by atoms with Crippen LogP contribution in [-0.4, -0.2) is 6.61 Å². The average molecular weight is 493 g/mol. The first-order valence-corrected chi connectivity index (χ1v) is 11.4. The zero-order chi connectivity index (χ0) is 25.6. The molecular formula is C28H26F6O. The Bertz CT molecular complexity index is 1180. The van der Waals surface area contributed by atoms with Crippen LogP contribution in [0.3, 0.4) is 0 Å². The van der Waals surface area contributed by atoms with Gasteiger partial charge in [0.2, 0.25) is 5.82 Å². The quantitative estimate of drug-likeness (QED) is 0.215. The molecule has 0 N–H and O–H groups in total. The third-order valence-electron chi connectivity index (χ3n) is 5.70. The molecule has 186 valence electrons. The lowest BCUT2D eigenvalue weighted by Gasteiger charge is -2.17. The summed E-state index contributed by atoms with van der Waals surface area (Å²) >= 11 is 0. The molecule has 3 rings (SSSR count). The van der Waals surface area contributed by atoms with Crippen molar-refractivity contribution in [2.45, 2.75) is 45.7 Å². The van der Waals surface area contributed by atoms with E-state index < -0.39 is 29.2 Å². The van der Waals surface area contributed by atoms with E-state index in [4.69, 9.17) is 4.74 Å². The van der Waals surface area contributed by atoms with E-state index in [9.17, 15) is 22.0 Å². The number of ether oxygens (including phenoxy) is 1. The van der Waals surface area contributed by atoms with Crippen molar-refractivity contribution in [2.24, 2.45) is 0 Å². The van der Waals surface area contributed by atoms with E-state index in [1.54, 1.807) is 31.2 Å². The summed E-state index contributed by atoms with van der Waals surface area (Å²) in [6.07, 6.45) is 0.0292. The fourth-order valence-electron chi connectivity index (χ4n) is 3.92. The molecule has 0 spiro atoms. The monoisotopic (exact) mass is 492 g/mol. The number of benzene rings is 3.